The van der Waals surface area contributed by atoms with E-state index in [4.69, 9.17) is 0 Å². The van der Waals surface area contributed by atoms with Gasteiger partial charge in [0, 0.05) is 11.6 Å². The number of fused-ring (bicyclic) bond motifs is 1. The number of benzene rings is 1. The van der Waals surface area contributed by atoms with Gasteiger partial charge in [-0.25, -0.2) is 0 Å². The molecule has 1 aromatic heterocycles. The summed E-state index contributed by atoms with van der Waals surface area (Å²) < 4.78 is 0. The summed E-state index contributed by atoms with van der Waals surface area (Å²) in [5.74, 6) is 0. The van der Waals surface area contributed by atoms with Gasteiger partial charge in [0.05, 0.1) is 5.52 Å². The number of rotatable bonds is 0. The molecule has 12 heavy (non-hydrogen) atoms. The quantitative estimate of drug-likeness (QED) is 0.671. The molecule has 3 heteroatoms. The van der Waals surface area contributed by atoms with Gasteiger partial charge in [-0.1, -0.05) is 24.3 Å². The van der Waals surface area contributed by atoms with E-state index in [1.807, 2.05) is 30.5 Å². The second kappa shape index (κ2) is 5.27. The van der Waals surface area contributed by atoms with Gasteiger partial charge in [0.25, 0.3) is 0 Å². The third-order valence-corrected chi connectivity index (χ3v) is 1.51. The van der Waals surface area contributed by atoms with Gasteiger partial charge < -0.3 is 0 Å². The summed E-state index contributed by atoms with van der Waals surface area (Å²) in [5.41, 5.74) is 1.06. The number of aromatic nitrogens is 1. The molecule has 0 N–H and O–H groups in total. The van der Waals surface area contributed by atoms with Crippen LogP contribution in [0.25, 0.3) is 10.9 Å². The van der Waals surface area contributed by atoms with Gasteiger partial charge in [-0.05, 0) is 12.1 Å². The van der Waals surface area contributed by atoms with Crippen LogP contribution in [0.15, 0.2) is 42.6 Å². The van der Waals surface area contributed by atoms with E-state index in [2.05, 4.69) is 44.8 Å². The molecule has 1 heterocycles. The third-order valence-electron chi connectivity index (χ3n) is 1.51. The third kappa shape index (κ3) is 2.28. The first-order valence-electron chi connectivity index (χ1n) is 3.38. The predicted molar refractivity (Wildman–Crippen MR) is 47.6 cm³/mol. The van der Waals surface area contributed by atoms with E-state index in [-0.39, 0.29) is 0 Å². The molecule has 2 aromatic rings. The maximum absolute atomic E-state index is 4.49. The Kier molecular flexibility index (Phi) is 4.24. The normalized spacial score (nSPS) is 8.92. The van der Waals surface area contributed by atoms with Crippen LogP contribution in [0.2, 0.25) is 0 Å². The molecule has 0 aliphatic heterocycles. The zero-order valence-corrected chi connectivity index (χ0v) is 8.49. The Morgan fingerprint density at radius 3 is 2.42 bits per heavy atom. The number of nitrogens with zero attached hydrogens (tertiary/aromatic N) is 1. The Morgan fingerprint density at radius 1 is 1.00 bits per heavy atom. The first kappa shape index (κ1) is 9.67. The molecular weight excluding hydrogens is 264 g/mol. The van der Waals surface area contributed by atoms with Crippen LogP contribution in [-0.4, -0.2) is 4.98 Å². The first-order chi connectivity index (χ1) is 5.97. The standard InChI is InChI=1S/C9H7N.ClH.Pd/c1-2-6-9-8(4-1)5-3-7-10-9;;/h1-7H;1H;/q;;+1/p-1. The zero-order valence-electron chi connectivity index (χ0n) is 6.18. The molecule has 0 unspecified atom stereocenters. The van der Waals surface area contributed by atoms with E-state index in [1.54, 1.807) is 0 Å². The van der Waals surface area contributed by atoms with Crippen molar-refractivity contribution >= 4 is 20.4 Å². The van der Waals surface area contributed by atoms with Crippen LogP contribution in [0.5, 0.6) is 0 Å². The van der Waals surface area contributed by atoms with Gasteiger partial charge in [0.2, 0.25) is 0 Å². The maximum Gasteiger partial charge on any atom is 0.0701 e. The molecule has 0 saturated carbocycles. The summed E-state index contributed by atoms with van der Waals surface area (Å²) >= 11 is 2.22. The van der Waals surface area contributed by atoms with Gasteiger partial charge in [-0.2, -0.15) is 0 Å². The predicted octanol–water partition coefficient (Wildman–Crippen LogP) is 2.92. The Balaban J connectivity index is 0.000000336. The van der Waals surface area contributed by atoms with Crippen molar-refractivity contribution in [3.8, 4) is 0 Å². The molecule has 0 radical (unpaired) electrons. The summed E-state index contributed by atoms with van der Waals surface area (Å²) in [4.78, 5) is 4.18. The second-order valence-corrected chi connectivity index (χ2v) is 2.20. The fourth-order valence-corrected chi connectivity index (χ4v) is 1.02. The smallest absolute Gasteiger partial charge is 0.0701 e. The van der Waals surface area contributed by atoms with Crippen molar-refractivity contribution in [2.24, 2.45) is 0 Å². The Hall–Kier alpha value is -0.418. The molecule has 0 amide bonds. The molecular formula is C9H7ClNPd. The molecule has 1 aromatic carbocycles. The summed E-state index contributed by atoms with van der Waals surface area (Å²) in [5, 5.41) is 1.20. The minimum Gasteiger partial charge on any atom is -0.256 e. The fourth-order valence-electron chi connectivity index (χ4n) is 1.02. The summed E-state index contributed by atoms with van der Waals surface area (Å²) in [6, 6.07) is 12.1. The number of hydrogen-bond donors (Lipinski definition) is 0. The van der Waals surface area contributed by atoms with E-state index in [9.17, 15) is 0 Å². The van der Waals surface area contributed by atoms with Crippen molar-refractivity contribution in [2.45, 2.75) is 0 Å². The van der Waals surface area contributed by atoms with Crippen molar-refractivity contribution in [1.29, 1.82) is 0 Å². The molecule has 65 valence electrons. The Morgan fingerprint density at radius 2 is 1.67 bits per heavy atom. The fraction of sp³-hybridized carbons (Fsp3) is 0. The largest absolute Gasteiger partial charge is 0.256 e. The number of pyridine rings is 1. The van der Waals surface area contributed by atoms with Gasteiger partial charge in [-0.15, -0.1) is 0 Å². The molecule has 0 fully saturated rings. The van der Waals surface area contributed by atoms with Crippen LogP contribution in [0, 0.1) is 0 Å². The van der Waals surface area contributed by atoms with Crippen molar-refractivity contribution in [2.75, 3.05) is 0 Å². The van der Waals surface area contributed by atoms with E-state index in [0.717, 1.165) is 5.52 Å². The molecule has 0 spiro atoms. The van der Waals surface area contributed by atoms with Crippen LogP contribution in [0.4, 0.5) is 0 Å². The van der Waals surface area contributed by atoms with Crippen molar-refractivity contribution < 1.29 is 18.2 Å². The second-order valence-electron chi connectivity index (χ2n) is 2.20. The van der Waals surface area contributed by atoms with Gasteiger partial charge in [0.15, 0.2) is 0 Å². The maximum atomic E-state index is 4.49. The first-order valence-corrected chi connectivity index (χ1v) is 5.39. The minimum absolute atomic E-state index is 1.06. The molecule has 1 nitrogen and oxygen atoms in total. The molecule has 0 atom stereocenters. The molecule has 0 aliphatic rings. The van der Waals surface area contributed by atoms with E-state index < -0.39 is 0 Å². The SMILES string of the molecule is [Cl][Pd].c1ccc2ncccc2c1. The van der Waals surface area contributed by atoms with Crippen LogP contribution in [0.3, 0.4) is 0 Å². The van der Waals surface area contributed by atoms with Crippen molar-refractivity contribution in [1.82, 2.24) is 4.98 Å². The van der Waals surface area contributed by atoms with E-state index in [0.29, 0.717) is 0 Å². The van der Waals surface area contributed by atoms with Crippen molar-refractivity contribution in [3.05, 3.63) is 42.6 Å². The average Bonchev–Trinajstić information content (AvgIpc) is 2.21. The number of para-hydroxylation sites is 1. The topological polar surface area (TPSA) is 12.9 Å². The summed E-state index contributed by atoms with van der Waals surface area (Å²) in [6.45, 7) is 0. The van der Waals surface area contributed by atoms with Gasteiger partial charge in [-0.3, -0.25) is 4.98 Å². The van der Waals surface area contributed by atoms with E-state index >= 15 is 0 Å². The molecule has 0 aliphatic carbocycles. The summed E-state index contributed by atoms with van der Waals surface area (Å²) in [6.07, 6.45) is 1.81. The van der Waals surface area contributed by atoms with Crippen LogP contribution < -0.4 is 0 Å². The Labute approximate surface area is 86.1 Å². The molecule has 2 rings (SSSR count). The number of halogens is 1. The van der Waals surface area contributed by atoms with Crippen LogP contribution in [-0.2, 0) is 18.2 Å². The van der Waals surface area contributed by atoms with Crippen molar-refractivity contribution in [3.63, 3.8) is 0 Å². The summed E-state index contributed by atoms with van der Waals surface area (Å²) in [7, 11) is 4.49. The van der Waals surface area contributed by atoms with E-state index in [1.165, 1.54) is 5.39 Å². The van der Waals surface area contributed by atoms with Crippen LogP contribution >= 0.6 is 9.53 Å². The zero-order chi connectivity index (χ0) is 8.81. The number of hydrogen-bond acceptors (Lipinski definition) is 1. The average molecular weight is 271 g/mol. The monoisotopic (exact) mass is 270 g/mol. The minimum atomic E-state index is 1.06. The molecule has 0 saturated heterocycles. The van der Waals surface area contributed by atoms with Gasteiger partial charge in [0.1, 0.15) is 0 Å². The Bertz CT molecular complexity index is 286. The van der Waals surface area contributed by atoms with Gasteiger partial charge >= 0.3 is 27.7 Å². The molecule has 0 bridgehead atoms. The van der Waals surface area contributed by atoms with Crippen LogP contribution in [0.1, 0.15) is 0 Å².